The fourth-order valence-electron chi connectivity index (χ4n) is 2.86. The van der Waals surface area contributed by atoms with E-state index in [2.05, 4.69) is 0 Å². The standard InChI is InChI=1S/C22H10Cl4O4/c23-12-2-4-14(18(25)8-12)16-10-29-20-9-13(3-5-15(20)21(16)27)30-22(28)11-1-6-17(24)19(26)7-11/h1-10H. The minimum atomic E-state index is -0.625. The highest BCUT2D eigenvalue weighted by molar-refractivity contribution is 6.42. The summed E-state index contributed by atoms with van der Waals surface area (Å²) in [4.78, 5) is 25.2. The molecule has 0 atom stereocenters. The van der Waals surface area contributed by atoms with E-state index >= 15 is 0 Å². The fraction of sp³-hybridized carbons (Fsp3) is 0. The molecule has 3 aromatic carbocycles. The van der Waals surface area contributed by atoms with Gasteiger partial charge in [0.15, 0.2) is 0 Å². The number of rotatable bonds is 3. The number of halogens is 4. The second-order valence-corrected chi connectivity index (χ2v) is 7.94. The normalized spacial score (nSPS) is 10.9. The van der Waals surface area contributed by atoms with Crippen LogP contribution < -0.4 is 10.2 Å². The molecule has 0 N–H and O–H groups in total. The number of hydrogen-bond acceptors (Lipinski definition) is 4. The van der Waals surface area contributed by atoms with Crippen molar-refractivity contribution in [3.8, 4) is 16.9 Å². The molecule has 1 aromatic heterocycles. The monoisotopic (exact) mass is 478 g/mol. The van der Waals surface area contributed by atoms with Gasteiger partial charge in [0.1, 0.15) is 17.6 Å². The highest BCUT2D eigenvalue weighted by atomic mass is 35.5. The van der Waals surface area contributed by atoms with Gasteiger partial charge in [-0.1, -0.05) is 52.5 Å². The summed E-state index contributed by atoms with van der Waals surface area (Å²) in [6, 6.07) is 13.7. The van der Waals surface area contributed by atoms with Crippen molar-refractivity contribution < 1.29 is 13.9 Å². The lowest BCUT2D eigenvalue weighted by molar-refractivity contribution is 0.0735. The van der Waals surface area contributed by atoms with Crippen LogP contribution in [-0.2, 0) is 0 Å². The number of carbonyl (C=O) groups is 1. The Balaban J connectivity index is 1.67. The van der Waals surface area contributed by atoms with Crippen molar-refractivity contribution in [3.63, 3.8) is 0 Å². The minimum Gasteiger partial charge on any atom is -0.463 e. The zero-order chi connectivity index (χ0) is 21.4. The van der Waals surface area contributed by atoms with Crippen molar-refractivity contribution in [3.05, 3.63) is 96.7 Å². The molecular weight excluding hydrogens is 470 g/mol. The van der Waals surface area contributed by atoms with E-state index in [0.29, 0.717) is 31.6 Å². The number of fused-ring (bicyclic) bond motifs is 1. The zero-order valence-electron chi connectivity index (χ0n) is 14.9. The number of esters is 1. The Labute approximate surface area is 190 Å². The summed E-state index contributed by atoms with van der Waals surface area (Å²) in [7, 11) is 0. The summed E-state index contributed by atoms with van der Waals surface area (Å²) >= 11 is 23.9. The van der Waals surface area contributed by atoms with Crippen LogP contribution in [0, 0.1) is 0 Å². The van der Waals surface area contributed by atoms with Gasteiger partial charge in [-0.15, -0.1) is 0 Å². The highest BCUT2D eigenvalue weighted by Crippen LogP contribution is 2.30. The Hall–Kier alpha value is -2.50. The molecule has 0 amide bonds. The van der Waals surface area contributed by atoms with Gasteiger partial charge in [-0.2, -0.15) is 0 Å². The van der Waals surface area contributed by atoms with E-state index in [0.717, 1.165) is 0 Å². The summed E-state index contributed by atoms with van der Waals surface area (Å²) in [5, 5.41) is 1.68. The van der Waals surface area contributed by atoms with Crippen LogP contribution >= 0.6 is 46.4 Å². The van der Waals surface area contributed by atoms with Crippen LogP contribution in [0.3, 0.4) is 0 Å². The first-order valence-corrected chi connectivity index (χ1v) is 10.0. The van der Waals surface area contributed by atoms with Gasteiger partial charge in [0.25, 0.3) is 0 Å². The Morgan fingerprint density at radius 1 is 0.800 bits per heavy atom. The van der Waals surface area contributed by atoms with Gasteiger partial charge in [0, 0.05) is 16.7 Å². The van der Waals surface area contributed by atoms with E-state index in [4.69, 9.17) is 55.6 Å². The van der Waals surface area contributed by atoms with Crippen molar-refractivity contribution in [1.29, 1.82) is 0 Å². The number of ether oxygens (including phenoxy) is 1. The molecule has 0 fully saturated rings. The summed E-state index contributed by atoms with van der Waals surface area (Å²) < 4.78 is 11.0. The molecule has 0 bridgehead atoms. The third kappa shape index (κ3) is 4.05. The lowest BCUT2D eigenvalue weighted by Gasteiger charge is -2.08. The van der Waals surface area contributed by atoms with Gasteiger partial charge in [0.05, 0.1) is 31.6 Å². The first-order valence-electron chi connectivity index (χ1n) is 8.52. The maximum absolute atomic E-state index is 12.9. The Kier molecular flexibility index (Phi) is 5.76. The molecule has 1 heterocycles. The van der Waals surface area contributed by atoms with Crippen molar-refractivity contribution in [2.24, 2.45) is 0 Å². The average Bonchev–Trinajstić information content (AvgIpc) is 2.71. The molecule has 0 unspecified atom stereocenters. The second-order valence-electron chi connectivity index (χ2n) is 6.28. The highest BCUT2D eigenvalue weighted by Gasteiger charge is 2.15. The minimum absolute atomic E-state index is 0.207. The predicted molar refractivity (Wildman–Crippen MR) is 119 cm³/mol. The first-order chi connectivity index (χ1) is 14.3. The van der Waals surface area contributed by atoms with Crippen LogP contribution in [0.4, 0.5) is 0 Å². The summed E-state index contributed by atoms with van der Waals surface area (Å²) in [6.45, 7) is 0. The molecule has 0 aliphatic heterocycles. The fourth-order valence-corrected chi connectivity index (χ4v) is 3.66. The van der Waals surface area contributed by atoms with Gasteiger partial charge in [-0.05, 0) is 42.5 Å². The van der Waals surface area contributed by atoms with Crippen molar-refractivity contribution in [2.75, 3.05) is 0 Å². The maximum Gasteiger partial charge on any atom is 0.343 e. The lowest BCUT2D eigenvalue weighted by Crippen LogP contribution is -2.09. The molecule has 150 valence electrons. The van der Waals surface area contributed by atoms with E-state index in [1.54, 1.807) is 18.2 Å². The van der Waals surface area contributed by atoms with Gasteiger partial charge in [-0.25, -0.2) is 4.79 Å². The van der Waals surface area contributed by atoms with Crippen LogP contribution in [0.2, 0.25) is 20.1 Å². The zero-order valence-corrected chi connectivity index (χ0v) is 17.9. The van der Waals surface area contributed by atoms with E-state index < -0.39 is 5.97 Å². The SMILES string of the molecule is O=C(Oc1ccc2c(=O)c(-c3ccc(Cl)cc3Cl)coc2c1)c1ccc(Cl)c(Cl)c1. The van der Waals surface area contributed by atoms with E-state index in [1.807, 2.05) is 0 Å². The Bertz CT molecular complexity index is 1360. The number of carbonyl (C=O) groups excluding carboxylic acids is 1. The van der Waals surface area contributed by atoms with Crippen molar-refractivity contribution >= 4 is 63.3 Å². The molecule has 0 aliphatic carbocycles. The molecule has 0 spiro atoms. The maximum atomic E-state index is 12.9. The van der Waals surface area contributed by atoms with Gasteiger partial charge >= 0.3 is 5.97 Å². The third-order valence-corrected chi connectivity index (χ3v) is 5.62. The molecule has 4 rings (SSSR count). The van der Waals surface area contributed by atoms with Crippen molar-refractivity contribution in [2.45, 2.75) is 0 Å². The van der Waals surface area contributed by atoms with Crippen LogP contribution in [0.1, 0.15) is 10.4 Å². The Morgan fingerprint density at radius 2 is 1.60 bits per heavy atom. The van der Waals surface area contributed by atoms with E-state index in [-0.39, 0.29) is 27.3 Å². The molecule has 0 aliphatic rings. The second kappa shape index (κ2) is 8.32. The third-order valence-electron chi connectivity index (χ3n) is 4.33. The topological polar surface area (TPSA) is 56.5 Å². The largest absolute Gasteiger partial charge is 0.463 e. The summed E-state index contributed by atoms with van der Waals surface area (Å²) in [6.07, 6.45) is 1.31. The Morgan fingerprint density at radius 3 is 2.33 bits per heavy atom. The molecule has 30 heavy (non-hydrogen) atoms. The van der Waals surface area contributed by atoms with Crippen LogP contribution in [0.15, 0.2) is 70.1 Å². The van der Waals surface area contributed by atoms with Crippen LogP contribution in [0.5, 0.6) is 5.75 Å². The predicted octanol–water partition coefficient (Wildman–Crippen LogP) is 7.29. The smallest absolute Gasteiger partial charge is 0.343 e. The molecule has 4 aromatic rings. The van der Waals surface area contributed by atoms with Gasteiger partial charge < -0.3 is 9.15 Å². The number of hydrogen-bond donors (Lipinski definition) is 0. The molecule has 0 saturated heterocycles. The molecule has 0 saturated carbocycles. The van der Waals surface area contributed by atoms with E-state index in [1.165, 1.54) is 42.7 Å². The number of benzene rings is 3. The van der Waals surface area contributed by atoms with Crippen LogP contribution in [-0.4, -0.2) is 5.97 Å². The quantitative estimate of drug-likeness (QED) is 0.228. The molecule has 8 heteroatoms. The first kappa shape index (κ1) is 20.8. The molecule has 0 radical (unpaired) electrons. The van der Waals surface area contributed by atoms with E-state index in [9.17, 15) is 9.59 Å². The van der Waals surface area contributed by atoms with Crippen molar-refractivity contribution in [1.82, 2.24) is 0 Å². The summed E-state index contributed by atoms with van der Waals surface area (Å²) in [5.41, 5.74) is 1.02. The average molecular weight is 480 g/mol. The summed E-state index contributed by atoms with van der Waals surface area (Å²) in [5.74, 6) is -0.418. The lowest BCUT2D eigenvalue weighted by atomic mass is 10.1. The van der Waals surface area contributed by atoms with Crippen LogP contribution in [0.25, 0.3) is 22.1 Å². The van der Waals surface area contributed by atoms with Gasteiger partial charge in [-0.3, -0.25) is 4.79 Å². The molecular formula is C22H10Cl4O4. The molecule has 4 nitrogen and oxygen atoms in total. The van der Waals surface area contributed by atoms with Gasteiger partial charge in [0.2, 0.25) is 5.43 Å².